The molecule has 3 N–H and O–H groups in total. The fourth-order valence-electron chi connectivity index (χ4n) is 4.02. The van der Waals surface area contributed by atoms with Gasteiger partial charge in [0.1, 0.15) is 0 Å². The highest BCUT2D eigenvalue weighted by molar-refractivity contribution is 7.92. The molecule has 1 saturated carbocycles. The number of benzene rings is 2. The molecule has 1 aliphatic carbocycles. The number of aliphatic carboxylic acids is 1. The van der Waals surface area contributed by atoms with Gasteiger partial charge in [-0.25, -0.2) is 13.2 Å². The zero-order valence-electron chi connectivity index (χ0n) is 20.8. The van der Waals surface area contributed by atoms with E-state index in [9.17, 15) is 26.4 Å². The van der Waals surface area contributed by atoms with Crippen molar-refractivity contribution >= 4 is 27.6 Å². The Balaban J connectivity index is 0.000000505. The minimum Gasteiger partial charge on any atom is -0.475 e. The van der Waals surface area contributed by atoms with Crippen LogP contribution in [0.25, 0.3) is 0 Å². The number of amides is 1. The molecule has 0 spiro atoms. The molecule has 0 atom stereocenters. The molecule has 0 radical (unpaired) electrons. The van der Waals surface area contributed by atoms with Gasteiger partial charge in [0, 0.05) is 31.9 Å². The molecular weight excluding hydrogens is 527 g/mol. The molecule has 9 nitrogen and oxygen atoms in total. The van der Waals surface area contributed by atoms with E-state index < -0.39 is 27.6 Å². The predicted molar refractivity (Wildman–Crippen MR) is 133 cm³/mol. The van der Waals surface area contributed by atoms with Crippen LogP contribution in [0.3, 0.4) is 0 Å². The number of halogens is 3. The van der Waals surface area contributed by atoms with Crippen LogP contribution in [0.1, 0.15) is 24.0 Å². The van der Waals surface area contributed by atoms with Gasteiger partial charge in [-0.3, -0.25) is 14.4 Å². The quantitative estimate of drug-likeness (QED) is 0.456. The Morgan fingerprint density at radius 3 is 2.16 bits per heavy atom. The van der Waals surface area contributed by atoms with Gasteiger partial charge in [-0.15, -0.1) is 0 Å². The summed E-state index contributed by atoms with van der Waals surface area (Å²) in [6, 6.07) is 14.0. The number of sulfonamides is 1. The second-order valence-corrected chi connectivity index (χ2v) is 10.7. The van der Waals surface area contributed by atoms with Crippen LogP contribution >= 0.6 is 0 Å². The van der Waals surface area contributed by atoms with Crippen LogP contribution in [0.5, 0.6) is 0 Å². The lowest BCUT2D eigenvalue weighted by Gasteiger charge is -2.27. The number of aryl methyl sites for hydroxylation is 1. The van der Waals surface area contributed by atoms with E-state index >= 15 is 0 Å². The highest BCUT2D eigenvalue weighted by Crippen LogP contribution is 2.48. The Morgan fingerprint density at radius 1 is 1.05 bits per heavy atom. The van der Waals surface area contributed by atoms with Crippen molar-refractivity contribution in [2.24, 2.45) is 0 Å². The van der Waals surface area contributed by atoms with Gasteiger partial charge in [0.05, 0.1) is 23.5 Å². The van der Waals surface area contributed by atoms with Crippen molar-refractivity contribution in [3.63, 3.8) is 0 Å². The third kappa shape index (κ3) is 7.68. The van der Waals surface area contributed by atoms with Gasteiger partial charge in [-0.2, -0.15) is 13.2 Å². The largest absolute Gasteiger partial charge is 0.490 e. The lowest BCUT2D eigenvalue weighted by molar-refractivity contribution is -0.192. The van der Waals surface area contributed by atoms with Crippen LogP contribution < -0.4 is 10.0 Å². The van der Waals surface area contributed by atoms with E-state index in [1.54, 1.807) is 37.3 Å². The normalized spacial score (nSPS) is 17.1. The SMILES string of the molecule is Cc1ccccc1S(=O)(=O)Nc1ccc(C2(C(=O)NCCN3CCOCC3)CC2)cc1.O=C(O)C(F)(F)F. The zero-order valence-corrected chi connectivity index (χ0v) is 21.6. The maximum atomic E-state index is 12.8. The number of alkyl halides is 3. The molecule has 1 saturated heterocycles. The minimum atomic E-state index is -5.08. The molecule has 1 aliphatic heterocycles. The molecule has 0 unspecified atom stereocenters. The van der Waals surface area contributed by atoms with Gasteiger partial charge in [-0.05, 0) is 49.1 Å². The van der Waals surface area contributed by atoms with Crippen LogP contribution in [-0.4, -0.2) is 75.9 Å². The fraction of sp³-hybridized carbons (Fsp3) is 0.440. The third-order valence-electron chi connectivity index (χ3n) is 6.32. The van der Waals surface area contributed by atoms with Crippen molar-refractivity contribution in [3.05, 3.63) is 59.7 Å². The summed E-state index contributed by atoms with van der Waals surface area (Å²) >= 11 is 0. The van der Waals surface area contributed by atoms with E-state index in [2.05, 4.69) is 14.9 Å². The monoisotopic (exact) mass is 557 g/mol. The highest BCUT2D eigenvalue weighted by Gasteiger charge is 2.51. The topological polar surface area (TPSA) is 125 Å². The van der Waals surface area contributed by atoms with E-state index in [-0.39, 0.29) is 10.8 Å². The van der Waals surface area contributed by atoms with Gasteiger partial charge < -0.3 is 15.2 Å². The summed E-state index contributed by atoms with van der Waals surface area (Å²) in [5.41, 5.74) is 1.61. The van der Waals surface area contributed by atoms with Gasteiger partial charge in [0.25, 0.3) is 10.0 Å². The molecule has 2 aliphatic rings. The molecule has 208 valence electrons. The van der Waals surface area contributed by atoms with Crippen LogP contribution in [-0.2, 0) is 29.8 Å². The molecule has 13 heteroatoms. The number of nitrogens with zero attached hydrogens (tertiary/aromatic N) is 1. The Labute approximate surface area is 219 Å². The van der Waals surface area contributed by atoms with Crippen molar-refractivity contribution in [1.82, 2.24) is 10.2 Å². The summed E-state index contributed by atoms with van der Waals surface area (Å²) in [6.45, 7) is 6.52. The number of rotatable bonds is 8. The summed E-state index contributed by atoms with van der Waals surface area (Å²) < 4.78 is 65.1. The summed E-state index contributed by atoms with van der Waals surface area (Å²) in [5, 5.41) is 10.2. The number of carboxylic acids is 1. The standard InChI is InChI=1S/C23H29N3O4S.C2HF3O2/c1-18-4-2-3-5-21(18)31(28,29)25-20-8-6-19(7-9-20)23(10-11-23)22(27)24-12-13-26-14-16-30-17-15-26;3-2(4,5)1(6)7/h2-9,25H,10-17H2,1H3,(H,24,27);(H,6,7). The number of ether oxygens (including phenoxy) is 1. The van der Waals surface area contributed by atoms with Crippen molar-refractivity contribution in [3.8, 4) is 0 Å². The Kier molecular flexibility index (Phi) is 9.39. The molecule has 4 rings (SSSR count). The van der Waals surface area contributed by atoms with Crippen molar-refractivity contribution in [1.29, 1.82) is 0 Å². The Morgan fingerprint density at radius 2 is 1.63 bits per heavy atom. The number of nitrogens with one attached hydrogen (secondary N) is 2. The number of carbonyl (C=O) groups is 2. The van der Waals surface area contributed by atoms with Crippen molar-refractivity contribution < 1.29 is 41.0 Å². The first-order chi connectivity index (χ1) is 17.8. The van der Waals surface area contributed by atoms with Gasteiger partial charge >= 0.3 is 12.1 Å². The molecule has 1 heterocycles. The van der Waals surface area contributed by atoms with Gasteiger partial charge in [0.15, 0.2) is 0 Å². The van der Waals surface area contributed by atoms with E-state index in [0.717, 1.165) is 51.3 Å². The van der Waals surface area contributed by atoms with E-state index in [1.807, 2.05) is 18.2 Å². The smallest absolute Gasteiger partial charge is 0.475 e. The lowest BCUT2D eigenvalue weighted by atomic mass is 9.95. The fourth-order valence-corrected chi connectivity index (χ4v) is 5.32. The Hall–Kier alpha value is -3.16. The van der Waals surface area contributed by atoms with Crippen molar-refractivity contribution in [2.75, 3.05) is 44.1 Å². The van der Waals surface area contributed by atoms with Crippen LogP contribution in [0.15, 0.2) is 53.4 Å². The molecule has 2 aromatic rings. The second-order valence-electron chi connectivity index (χ2n) is 9.04. The number of anilines is 1. The third-order valence-corrected chi connectivity index (χ3v) is 7.86. The van der Waals surface area contributed by atoms with Gasteiger partial charge in [0.2, 0.25) is 5.91 Å². The summed E-state index contributed by atoms with van der Waals surface area (Å²) in [6.07, 6.45) is -3.46. The number of hydrogen-bond acceptors (Lipinski definition) is 6. The highest BCUT2D eigenvalue weighted by atomic mass is 32.2. The van der Waals surface area contributed by atoms with Gasteiger partial charge in [-0.1, -0.05) is 30.3 Å². The first kappa shape index (κ1) is 29.4. The molecule has 0 aromatic heterocycles. The van der Waals surface area contributed by atoms with E-state index in [4.69, 9.17) is 14.6 Å². The summed E-state index contributed by atoms with van der Waals surface area (Å²) in [7, 11) is -3.66. The van der Waals surface area contributed by atoms with Crippen LogP contribution in [0.2, 0.25) is 0 Å². The zero-order chi connectivity index (χ0) is 28.0. The minimum absolute atomic E-state index is 0.0500. The van der Waals surface area contributed by atoms with Crippen molar-refractivity contribution in [2.45, 2.75) is 36.3 Å². The Bertz CT molecular complexity index is 1230. The predicted octanol–water partition coefficient (Wildman–Crippen LogP) is 2.91. The number of carboxylic acid groups (broad SMARTS) is 1. The first-order valence-corrected chi connectivity index (χ1v) is 13.4. The molecule has 2 fully saturated rings. The van der Waals surface area contributed by atoms with Crippen LogP contribution in [0.4, 0.5) is 18.9 Å². The average molecular weight is 558 g/mol. The average Bonchev–Trinajstić information content (AvgIpc) is 3.67. The summed E-state index contributed by atoms with van der Waals surface area (Å²) in [5.74, 6) is -2.71. The first-order valence-electron chi connectivity index (χ1n) is 11.9. The van der Waals surface area contributed by atoms with E-state index in [1.165, 1.54) is 0 Å². The second kappa shape index (κ2) is 12.1. The lowest BCUT2D eigenvalue weighted by Crippen LogP contribution is -2.43. The van der Waals surface area contributed by atoms with E-state index in [0.29, 0.717) is 17.8 Å². The number of carbonyl (C=O) groups excluding carboxylic acids is 1. The maximum absolute atomic E-state index is 12.8. The van der Waals surface area contributed by atoms with Crippen LogP contribution in [0, 0.1) is 6.92 Å². The molecule has 38 heavy (non-hydrogen) atoms. The summed E-state index contributed by atoms with van der Waals surface area (Å²) in [4.78, 5) is 24.3. The molecule has 0 bridgehead atoms. The molecule has 2 aromatic carbocycles. The number of morpholine rings is 1. The number of hydrogen-bond donors (Lipinski definition) is 3. The molecule has 1 amide bonds. The maximum Gasteiger partial charge on any atom is 0.490 e. The molecular formula is C25H30F3N3O6S.